The van der Waals surface area contributed by atoms with Crippen molar-refractivity contribution in [3.05, 3.63) is 70.7 Å². The highest BCUT2D eigenvalue weighted by Gasteiger charge is 2.08. The summed E-state index contributed by atoms with van der Waals surface area (Å²) in [5.41, 5.74) is 2.24. The summed E-state index contributed by atoms with van der Waals surface area (Å²) in [6.45, 7) is 2.56. The van der Waals surface area contributed by atoms with E-state index in [1.807, 2.05) is 61.5 Å². The molecule has 110 valence electrons. The summed E-state index contributed by atoms with van der Waals surface area (Å²) in [6.07, 6.45) is 0.782. The molecule has 0 heterocycles. The van der Waals surface area contributed by atoms with Crippen molar-refractivity contribution in [1.82, 2.24) is 10.6 Å². The Morgan fingerprint density at radius 1 is 1.10 bits per heavy atom. The summed E-state index contributed by atoms with van der Waals surface area (Å²) in [6, 6.07) is 17.4. The Morgan fingerprint density at radius 3 is 2.43 bits per heavy atom. The Hall–Kier alpha value is -2.00. The van der Waals surface area contributed by atoms with Crippen molar-refractivity contribution in [2.75, 3.05) is 6.54 Å². The predicted molar refractivity (Wildman–Crippen MR) is 86.5 cm³/mol. The number of carbonyl (C=O) groups excluding carboxylic acids is 1. The first-order valence-corrected chi connectivity index (χ1v) is 7.36. The number of carbonyl (C=O) groups is 1. The summed E-state index contributed by atoms with van der Waals surface area (Å²) >= 11 is 5.83. The van der Waals surface area contributed by atoms with Crippen molar-refractivity contribution >= 4 is 17.6 Å². The van der Waals surface area contributed by atoms with Crippen molar-refractivity contribution in [3.8, 4) is 0 Å². The van der Waals surface area contributed by atoms with Gasteiger partial charge in [-0.15, -0.1) is 0 Å². The molecule has 2 rings (SSSR count). The van der Waals surface area contributed by atoms with E-state index in [2.05, 4.69) is 10.6 Å². The Morgan fingerprint density at radius 2 is 1.76 bits per heavy atom. The quantitative estimate of drug-likeness (QED) is 0.863. The van der Waals surface area contributed by atoms with E-state index in [1.54, 1.807) is 0 Å². The minimum Gasteiger partial charge on any atom is -0.338 e. The number of nitrogens with one attached hydrogen (secondary N) is 2. The van der Waals surface area contributed by atoms with Crippen molar-refractivity contribution in [2.45, 2.75) is 19.4 Å². The molecule has 0 aliphatic carbocycles. The highest BCUT2D eigenvalue weighted by Crippen LogP contribution is 2.11. The van der Waals surface area contributed by atoms with Gasteiger partial charge < -0.3 is 10.6 Å². The third-order valence-electron chi connectivity index (χ3n) is 3.26. The first kappa shape index (κ1) is 15.4. The summed E-state index contributed by atoms with van der Waals surface area (Å²) < 4.78 is 0. The van der Waals surface area contributed by atoms with Crippen LogP contribution >= 0.6 is 11.6 Å². The Balaban J connectivity index is 1.73. The van der Waals surface area contributed by atoms with E-state index in [4.69, 9.17) is 11.6 Å². The SMILES string of the molecule is C[C@@H](NC(=O)NCCc1ccc(Cl)cc1)c1ccccc1. The number of rotatable bonds is 5. The van der Waals surface area contributed by atoms with Gasteiger partial charge in [0.25, 0.3) is 0 Å². The number of benzene rings is 2. The molecule has 2 aromatic rings. The van der Waals surface area contributed by atoms with Crippen LogP contribution in [0.3, 0.4) is 0 Å². The number of halogens is 1. The van der Waals surface area contributed by atoms with Crippen LogP contribution in [0.5, 0.6) is 0 Å². The van der Waals surface area contributed by atoms with Gasteiger partial charge in [0.05, 0.1) is 6.04 Å². The van der Waals surface area contributed by atoms with E-state index < -0.39 is 0 Å². The normalized spacial score (nSPS) is 11.7. The standard InChI is InChI=1S/C17H19ClN2O/c1-13(15-5-3-2-4-6-15)20-17(21)19-12-11-14-7-9-16(18)10-8-14/h2-10,13H,11-12H2,1H3,(H2,19,20,21)/t13-/m1/s1. The molecule has 2 aromatic carbocycles. The van der Waals surface area contributed by atoms with Gasteiger partial charge in [-0.25, -0.2) is 4.79 Å². The third kappa shape index (κ3) is 5.12. The molecule has 2 amide bonds. The summed E-state index contributed by atoms with van der Waals surface area (Å²) in [7, 11) is 0. The lowest BCUT2D eigenvalue weighted by atomic mass is 10.1. The van der Waals surface area contributed by atoms with E-state index >= 15 is 0 Å². The van der Waals surface area contributed by atoms with Gasteiger partial charge in [-0.05, 0) is 36.6 Å². The van der Waals surface area contributed by atoms with Crippen LogP contribution in [0.15, 0.2) is 54.6 Å². The first-order chi connectivity index (χ1) is 10.1. The molecule has 0 bridgehead atoms. The monoisotopic (exact) mass is 302 g/mol. The molecule has 0 aliphatic rings. The van der Waals surface area contributed by atoms with Crippen molar-refractivity contribution in [2.24, 2.45) is 0 Å². The zero-order valence-corrected chi connectivity index (χ0v) is 12.7. The molecule has 0 aliphatic heterocycles. The summed E-state index contributed by atoms with van der Waals surface area (Å²) in [5.74, 6) is 0. The van der Waals surface area contributed by atoms with Gasteiger partial charge >= 0.3 is 6.03 Å². The molecular weight excluding hydrogens is 284 g/mol. The van der Waals surface area contributed by atoms with E-state index in [-0.39, 0.29) is 12.1 Å². The minimum atomic E-state index is -0.152. The lowest BCUT2D eigenvalue weighted by molar-refractivity contribution is 0.238. The molecule has 0 radical (unpaired) electrons. The Kier molecular flexibility index (Phi) is 5.64. The van der Waals surface area contributed by atoms with Gasteiger partial charge in [-0.1, -0.05) is 54.1 Å². The molecule has 0 aromatic heterocycles. The number of hydrogen-bond donors (Lipinski definition) is 2. The van der Waals surface area contributed by atoms with Crippen molar-refractivity contribution < 1.29 is 4.79 Å². The molecule has 1 atom stereocenters. The average Bonchev–Trinajstić information content (AvgIpc) is 2.50. The van der Waals surface area contributed by atoms with Crippen LogP contribution < -0.4 is 10.6 Å². The fourth-order valence-corrected chi connectivity index (χ4v) is 2.17. The topological polar surface area (TPSA) is 41.1 Å². The van der Waals surface area contributed by atoms with Gasteiger partial charge in [0.2, 0.25) is 0 Å². The lowest BCUT2D eigenvalue weighted by Gasteiger charge is -2.15. The van der Waals surface area contributed by atoms with Crippen LogP contribution in [0.2, 0.25) is 5.02 Å². The number of urea groups is 1. The van der Waals surface area contributed by atoms with E-state index in [1.165, 1.54) is 0 Å². The van der Waals surface area contributed by atoms with Crippen LogP contribution in [0.25, 0.3) is 0 Å². The molecule has 0 fully saturated rings. The van der Waals surface area contributed by atoms with Gasteiger partial charge in [-0.2, -0.15) is 0 Å². The van der Waals surface area contributed by atoms with Crippen LogP contribution in [-0.2, 0) is 6.42 Å². The van der Waals surface area contributed by atoms with Gasteiger partial charge in [0.1, 0.15) is 0 Å². The molecular formula is C17H19ClN2O. The zero-order valence-electron chi connectivity index (χ0n) is 12.0. The maximum Gasteiger partial charge on any atom is 0.315 e. The molecule has 4 heteroatoms. The van der Waals surface area contributed by atoms with Gasteiger partial charge in [0, 0.05) is 11.6 Å². The largest absolute Gasteiger partial charge is 0.338 e. The van der Waals surface area contributed by atoms with Gasteiger partial charge in [0.15, 0.2) is 0 Å². The van der Waals surface area contributed by atoms with Crippen LogP contribution in [0.4, 0.5) is 4.79 Å². The fraction of sp³-hybridized carbons (Fsp3) is 0.235. The maximum absolute atomic E-state index is 11.8. The number of amides is 2. The average molecular weight is 303 g/mol. The fourth-order valence-electron chi connectivity index (χ4n) is 2.04. The molecule has 0 unspecified atom stereocenters. The molecule has 0 saturated carbocycles. The second-order valence-electron chi connectivity index (χ2n) is 4.91. The predicted octanol–water partition coefficient (Wildman–Crippen LogP) is 3.94. The summed E-state index contributed by atoms with van der Waals surface area (Å²) in [4.78, 5) is 11.8. The lowest BCUT2D eigenvalue weighted by Crippen LogP contribution is -2.38. The van der Waals surface area contributed by atoms with Crippen molar-refractivity contribution in [1.29, 1.82) is 0 Å². The highest BCUT2D eigenvalue weighted by atomic mass is 35.5. The molecule has 2 N–H and O–H groups in total. The van der Waals surface area contributed by atoms with Crippen molar-refractivity contribution in [3.63, 3.8) is 0 Å². The van der Waals surface area contributed by atoms with E-state index in [0.717, 1.165) is 22.6 Å². The van der Waals surface area contributed by atoms with Gasteiger partial charge in [-0.3, -0.25) is 0 Å². The molecule has 0 spiro atoms. The van der Waals surface area contributed by atoms with E-state index in [9.17, 15) is 4.79 Å². The van der Waals surface area contributed by atoms with Crippen LogP contribution in [-0.4, -0.2) is 12.6 Å². The second-order valence-corrected chi connectivity index (χ2v) is 5.35. The summed E-state index contributed by atoms with van der Waals surface area (Å²) in [5, 5.41) is 6.51. The minimum absolute atomic E-state index is 0.0123. The molecule has 3 nitrogen and oxygen atoms in total. The van der Waals surface area contributed by atoms with Crippen LogP contribution in [0, 0.1) is 0 Å². The molecule has 21 heavy (non-hydrogen) atoms. The third-order valence-corrected chi connectivity index (χ3v) is 3.51. The maximum atomic E-state index is 11.8. The Bertz CT molecular complexity index is 569. The first-order valence-electron chi connectivity index (χ1n) is 6.99. The Labute approximate surface area is 130 Å². The van der Waals surface area contributed by atoms with Crippen LogP contribution in [0.1, 0.15) is 24.1 Å². The number of hydrogen-bond acceptors (Lipinski definition) is 1. The smallest absolute Gasteiger partial charge is 0.315 e. The molecule has 0 saturated heterocycles. The highest BCUT2D eigenvalue weighted by molar-refractivity contribution is 6.30. The second kappa shape index (κ2) is 7.70. The van der Waals surface area contributed by atoms with E-state index in [0.29, 0.717) is 6.54 Å². The zero-order chi connectivity index (χ0) is 15.1.